The van der Waals surface area contributed by atoms with E-state index in [1.54, 1.807) is 7.11 Å². The summed E-state index contributed by atoms with van der Waals surface area (Å²) in [6.45, 7) is 3.89. The van der Waals surface area contributed by atoms with Crippen molar-refractivity contribution < 1.29 is 9.26 Å². The van der Waals surface area contributed by atoms with Crippen LogP contribution in [0.4, 0.5) is 0 Å². The van der Waals surface area contributed by atoms with Crippen LogP contribution in [0, 0.1) is 5.92 Å². The fourth-order valence-corrected chi connectivity index (χ4v) is 2.21. The molecule has 1 aliphatic heterocycles. The highest BCUT2D eigenvalue weighted by Crippen LogP contribution is 2.20. The lowest BCUT2D eigenvalue weighted by Crippen LogP contribution is -2.27. The molecule has 5 nitrogen and oxygen atoms in total. The van der Waals surface area contributed by atoms with E-state index in [4.69, 9.17) is 9.26 Å². The van der Waals surface area contributed by atoms with Gasteiger partial charge in [-0.05, 0) is 25.3 Å². The van der Waals surface area contributed by atoms with Crippen LogP contribution in [-0.2, 0) is 11.2 Å². The predicted molar refractivity (Wildman–Crippen MR) is 63.6 cm³/mol. The van der Waals surface area contributed by atoms with Gasteiger partial charge in [-0.15, -0.1) is 0 Å². The summed E-state index contributed by atoms with van der Waals surface area (Å²) >= 11 is 0. The van der Waals surface area contributed by atoms with Gasteiger partial charge in [0.25, 0.3) is 0 Å². The average molecular weight is 239 g/mol. The highest BCUT2D eigenvalue weighted by atomic mass is 16.5. The fraction of sp³-hybridized carbons (Fsp3) is 0.833. The Morgan fingerprint density at radius 3 is 3.12 bits per heavy atom. The third kappa shape index (κ3) is 3.51. The number of ether oxygens (including phenoxy) is 1. The lowest BCUT2D eigenvalue weighted by Gasteiger charge is -2.19. The van der Waals surface area contributed by atoms with Crippen molar-refractivity contribution in [3.63, 3.8) is 0 Å². The molecule has 2 unspecified atom stereocenters. The molecule has 1 N–H and O–H groups in total. The number of hydrogen-bond donors (Lipinski definition) is 1. The quantitative estimate of drug-likeness (QED) is 0.847. The Kier molecular flexibility index (Phi) is 4.50. The smallest absolute Gasteiger partial charge is 0.227 e. The summed E-state index contributed by atoms with van der Waals surface area (Å²) in [6.07, 6.45) is 4.37. The Morgan fingerprint density at radius 1 is 1.53 bits per heavy atom. The molecule has 0 radical (unpaired) electrons. The molecule has 1 aromatic heterocycles. The number of piperidine rings is 1. The van der Waals surface area contributed by atoms with Crippen LogP contribution in [0.5, 0.6) is 0 Å². The average Bonchev–Trinajstić information content (AvgIpc) is 2.79. The second kappa shape index (κ2) is 6.12. The summed E-state index contributed by atoms with van der Waals surface area (Å²) in [4.78, 5) is 4.46. The SMILES string of the molecule is COCC(C)Cc1nc(C2CCCCN2)no1. The van der Waals surface area contributed by atoms with Crippen molar-refractivity contribution in [2.75, 3.05) is 20.3 Å². The third-order valence-electron chi connectivity index (χ3n) is 3.08. The van der Waals surface area contributed by atoms with E-state index in [1.165, 1.54) is 12.8 Å². The predicted octanol–water partition coefficient (Wildman–Crippen LogP) is 1.71. The molecule has 0 amide bonds. The van der Waals surface area contributed by atoms with Gasteiger partial charge in [0.2, 0.25) is 5.89 Å². The first-order valence-electron chi connectivity index (χ1n) is 6.34. The van der Waals surface area contributed by atoms with Crippen LogP contribution in [0.25, 0.3) is 0 Å². The van der Waals surface area contributed by atoms with Crippen LogP contribution in [0.2, 0.25) is 0 Å². The highest BCUT2D eigenvalue weighted by molar-refractivity contribution is 4.96. The topological polar surface area (TPSA) is 60.2 Å². The molecule has 0 spiro atoms. The van der Waals surface area contributed by atoms with E-state index in [2.05, 4.69) is 22.4 Å². The lowest BCUT2D eigenvalue weighted by molar-refractivity contribution is 0.155. The molecule has 17 heavy (non-hydrogen) atoms. The molecule has 2 atom stereocenters. The maximum absolute atomic E-state index is 5.28. The van der Waals surface area contributed by atoms with Crippen LogP contribution in [0.15, 0.2) is 4.52 Å². The molecular weight excluding hydrogens is 218 g/mol. The van der Waals surface area contributed by atoms with Crippen LogP contribution in [0.3, 0.4) is 0 Å². The largest absolute Gasteiger partial charge is 0.384 e. The van der Waals surface area contributed by atoms with Gasteiger partial charge in [-0.25, -0.2) is 0 Å². The molecule has 96 valence electrons. The molecular formula is C12H21N3O2. The molecule has 0 aromatic carbocycles. The molecule has 1 fully saturated rings. The summed E-state index contributed by atoms with van der Waals surface area (Å²) in [5.74, 6) is 1.94. The Balaban J connectivity index is 1.90. The molecule has 1 aromatic rings. The van der Waals surface area contributed by atoms with E-state index in [1.807, 2.05) is 0 Å². The number of aromatic nitrogens is 2. The molecule has 0 bridgehead atoms. The number of rotatable bonds is 5. The van der Waals surface area contributed by atoms with E-state index >= 15 is 0 Å². The third-order valence-corrected chi connectivity index (χ3v) is 3.08. The lowest BCUT2D eigenvalue weighted by atomic mass is 10.0. The van der Waals surface area contributed by atoms with Crippen molar-refractivity contribution in [2.45, 2.75) is 38.6 Å². The van der Waals surface area contributed by atoms with E-state index in [-0.39, 0.29) is 6.04 Å². The summed E-state index contributed by atoms with van der Waals surface area (Å²) in [7, 11) is 1.71. The van der Waals surface area contributed by atoms with Gasteiger partial charge in [-0.3, -0.25) is 0 Å². The normalized spacial score (nSPS) is 22.6. The fourth-order valence-electron chi connectivity index (χ4n) is 2.21. The monoisotopic (exact) mass is 239 g/mol. The minimum absolute atomic E-state index is 0.277. The molecule has 0 aliphatic carbocycles. The molecule has 0 saturated carbocycles. The van der Waals surface area contributed by atoms with Crippen molar-refractivity contribution in [3.8, 4) is 0 Å². The molecule has 1 saturated heterocycles. The first-order valence-corrected chi connectivity index (χ1v) is 6.34. The molecule has 2 heterocycles. The van der Waals surface area contributed by atoms with Gasteiger partial charge in [0.15, 0.2) is 5.82 Å². The molecule has 1 aliphatic rings. The van der Waals surface area contributed by atoms with Crippen molar-refractivity contribution in [2.24, 2.45) is 5.92 Å². The van der Waals surface area contributed by atoms with E-state index in [9.17, 15) is 0 Å². The number of nitrogens with one attached hydrogen (secondary N) is 1. The highest BCUT2D eigenvalue weighted by Gasteiger charge is 2.20. The first-order chi connectivity index (χ1) is 8.29. The van der Waals surface area contributed by atoms with Gasteiger partial charge in [0, 0.05) is 20.1 Å². The van der Waals surface area contributed by atoms with Crippen molar-refractivity contribution >= 4 is 0 Å². The maximum Gasteiger partial charge on any atom is 0.227 e. The minimum atomic E-state index is 0.277. The van der Waals surface area contributed by atoms with Gasteiger partial charge in [-0.2, -0.15) is 4.98 Å². The Labute approximate surface area is 102 Å². The standard InChI is InChI=1S/C12H21N3O2/c1-9(8-16-2)7-11-14-12(15-17-11)10-5-3-4-6-13-10/h9-10,13H,3-8H2,1-2H3. The van der Waals surface area contributed by atoms with Crippen LogP contribution < -0.4 is 5.32 Å². The molecule has 2 rings (SSSR count). The maximum atomic E-state index is 5.28. The van der Waals surface area contributed by atoms with Gasteiger partial charge in [0.1, 0.15) is 0 Å². The van der Waals surface area contributed by atoms with Gasteiger partial charge < -0.3 is 14.6 Å². The van der Waals surface area contributed by atoms with Crippen molar-refractivity contribution in [3.05, 3.63) is 11.7 Å². The summed E-state index contributed by atoms with van der Waals surface area (Å²) in [6, 6.07) is 0.277. The van der Waals surface area contributed by atoms with Gasteiger partial charge >= 0.3 is 0 Å². The summed E-state index contributed by atoms with van der Waals surface area (Å²) in [5, 5.41) is 7.48. The van der Waals surface area contributed by atoms with Crippen LogP contribution in [-0.4, -0.2) is 30.4 Å². The number of methoxy groups -OCH3 is 1. The van der Waals surface area contributed by atoms with E-state index in [0.717, 1.165) is 37.7 Å². The number of hydrogen-bond acceptors (Lipinski definition) is 5. The van der Waals surface area contributed by atoms with Gasteiger partial charge in [-0.1, -0.05) is 18.5 Å². The summed E-state index contributed by atoms with van der Waals surface area (Å²) < 4.78 is 10.4. The zero-order chi connectivity index (χ0) is 12.1. The Morgan fingerprint density at radius 2 is 2.41 bits per heavy atom. The van der Waals surface area contributed by atoms with Crippen LogP contribution in [0.1, 0.15) is 43.9 Å². The zero-order valence-electron chi connectivity index (χ0n) is 10.6. The summed E-state index contributed by atoms with van der Waals surface area (Å²) in [5.41, 5.74) is 0. The Hall–Kier alpha value is -0.940. The van der Waals surface area contributed by atoms with E-state index < -0.39 is 0 Å². The first kappa shape index (κ1) is 12.5. The van der Waals surface area contributed by atoms with Crippen LogP contribution >= 0.6 is 0 Å². The number of nitrogens with zero attached hydrogens (tertiary/aromatic N) is 2. The second-order valence-electron chi connectivity index (χ2n) is 4.81. The van der Waals surface area contributed by atoms with Gasteiger partial charge in [0.05, 0.1) is 6.04 Å². The zero-order valence-corrected chi connectivity index (χ0v) is 10.6. The second-order valence-corrected chi connectivity index (χ2v) is 4.81. The molecule has 5 heteroatoms. The van der Waals surface area contributed by atoms with Crippen molar-refractivity contribution in [1.82, 2.24) is 15.5 Å². The van der Waals surface area contributed by atoms with E-state index in [0.29, 0.717) is 5.92 Å². The Bertz CT molecular complexity index is 334. The van der Waals surface area contributed by atoms with Crippen molar-refractivity contribution in [1.29, 1.82) is 0 Å². The minimum Gasteiger partial charge on any atom is -0.384 e.